The van der Waals surface area contributed by atoms with Gasteiger partial charge in [0.25, 0.3) is 5.91 Å². The van der Waals surface area contributed by atoms with Gasteiger partial charge in [-0.3, -0.25) is 14.5 Å². The molecule has 4 amide bonds. The van der Waals surface area contributed by atoms with Crippen LogP contribution in [-0.2, 0) is 23.2 Å². The number of carbonyl (C=O) groups excluding carboxylic acids is 3. The number of imidazole rings is 1. The predicted octanol–water partition coefficient (Wildman–Crippen LogP) is 0.440. The summed E-state index contributed by atoms with van der Waals surface area (Å²) >= 11 is 0. The summed E-state index contributed by atoms with van der Waals surface area (Å²) in [6.07, 6.45) is 3.48. The minimum atomic E-state index is -0.734. The van der Waals surface area contributed by atoms with E-state index in [0.717, 1.165) is 10.7 Å². The van der Waals surface area contributed by atoms with Crippen LogP contribution >= 0.6 is 0 Å². The molecule has 0 unspecified atom stereocenters. The Morgan fingerprint density at radius 2 is 1.96 bits per heavy atom. The third-order valence-corrected chi connectivity index (χ3v) is 4.22. The molecule has 126 valence electrons. The molecular formula is C15H23N5O3. The third kappa shape index (κ3) is 3.20. The van der Waals surface area contributed by atoms with Gasteiger partial charge in [0, 0.05) is 39.6 Å². The van der Waals surface area contributed by atoms with E-state index in [4.69, 9.17) is 0 Å². The SMILES string of the molecule is CC(C)N(Cc1nccn1C)C(=O)C[C@@H]1C(=O)N(C)C(=O)N1C. The lowest BCUT2D eigenvalue weighted by Crippen LogP contribution is -2.42. The highest BCUT2D eigenvalue weighted by Gasteiger charge is 2.42. The van der Waals surface area contributed by atoms with Crippen LogP contribution in [0, 0.1) is 0 Å². The van der Waals surface area contributed by atoms with E-state index in [1.165, 1.54) is 11.9 Å². The monoisotopic (exact) mass is 321 g/mol. The van der Waals surface area contributed by atoms with E-state index in [1.54, 1.807) is 18.1 Å². The third-order valence-electron chi connectivity index (χ3n) is 4.22. The van der Waals surface area contributed by atoms with Crippen LogP contribution < -0.4 is 0 Å². The van der Waals surface area contributed by atoms with Crippen molar-refractivity contribution >= 4 is 17.8 Å². The number of urea groups is 1. The Bertz CT molecular complexity index is 624. The van der Waals surface area contributed by atoms with Crippen LogP contribution in [-0.4, -0.2) is 68.3 Å². The van der Waals surface area contributed by atoms with Crippen molar-refractivity contribution in [3.63, 3.8) is 0 Å². The second kappa shape index (κ2) is 6.39. The van der Waals surface area contributed by atoms with Crippen LogP contribution in [0.15, 0.2) is 12.4 Å². The number of likely N-dealkylation sites (N-methyl/N-ethyl adjacent to an activating group) is 2. The molecule has 0 N–H and O–H groups in total. The number of rotatable bonds is 5. The van der Waals surface area contributed by atoms with Gasteiger partial charge in [-0.15, -0.1) is 0 Å². The molecule has 8 nitrogen and oxygen atoms in total. The number of aryl methyl sites for hydroxylation is 1. The van der Waals surface area contributed by atoms with Gasteiger partial charge in [-0.2, -0.15) is 0 Å². The van der Waals surface area contributed by atoms with Gasteiger partial charge in [0.05, 0.1) is 13.0 Å². The van der Waals surface area contributed by atoms with Gasteiger partial charge >= 0.3 is 6.03 Å². The van der Waals surface area contributed by atoms with Crippen molar-refractivity contribution in [3.8, 4) is 0 Å². The molecule has 2 rings (SSSR count). The van der Waals surface area contributed by atoms with Crippen molar-refractivity contribution in [2.45, 2.75) is 38.9 Å². The Labute approximate surface area is 135 Å². The van der Waals surface area contributed by atoms with E-state index < -0.39 is 6.04 Å². The lowest BCUT2D eigenvalue weighted by molar-refractivity contribution is -0.138. The number of nitrogens with zero attached hydrogens (tertiary/aromatic N) is 5. The van der Waals surface area contributed by atoms with Crippen molar-refractivity contribution < 1.29 is 14.4 Å². The first kappa shape index (κ1) is 17.0. The van der Waals surface area contributed by atoms with Crippen LogP contribution in [0.1, 0.15) is 26.1 Å². The molecule has 0 aromatic carbocycles. The highest BCUT2D eigenvalue weighted by molar-refractivity contribution is 6.05. The second-order valence-corrected chi connectivity index (χ2v) is 6.08. The van der Waals surface area contributed by atoms with Gasteiger partial charge in [-0.25, -0.2) is 9.78 Å². The summed E-state index contributed by atoms with van der Waals surface area (Å²) in [5, 5.41) is 0. The Kier molecular flexibility index (Phi) is 4.72. The van der Waals surface area contributed by atoms with Crippen LogP contribution in [0.25, 0.3) is 0 Å². The number of carbonyl (C=O) groups is 3. The second-order valence-electron chi connectivity index (χ2n) is 6.08. The molecule has 8 heteroatoms. The first-order valence-electron chi connectivity index (χ1n) is 7.54. The minimum Gasteiger partial charge on any atom is -0.337 e. The van der Waals surface area contributed by atoms with E-state index in [1.807, 2.05) is 31.7 Å². The number of hydrogen-bond donors (Lipinski definition) is 0. The fraction of sp³-hybridized carbons (Fsp3) is 0.600. The first-order valence-corrected chi connectivity index (χ1v) is 7.54. The molecule has 23 heavy (non-hydrogen) atoms. The molecule has 0 radical (unpaired) electrons. The molecule has 0 bridgehead atoms. The minimum absolute atomic E-state index is 0.0198. The van der Waals surface area contributed by atoms with Gasteiger partial charge in [-0.1, -0.05) is 0 Å². The standard InChI is InChI=1S/C15H23N5O3/c1-10(2)20(9-12-16-6-7-17(12)3)13(21)8-11-14(22)19(5)15(23)18(11)4/h6-7,10-11H,8-9H2,1-5H3/t11-/m1/s1. The lowest BCUT2D eigenvalue weighted by atomic mass is 10.1. The van der Waals surface area contributed by atoms with Crippen molar-refractivity contribution in [1.29, 1.82) is 0 Å². The smallest absolute Gasteiger partial charge is 0.326 e. The molecule has 0 aliphatic carbocycles. The molecule has 0 spiro atoms. The summed E-state index contributed by atoms with van der Waals surface area (Å²) in [6, 6.07) is -1.15. The maximum atomic E-state index is 12.7. The molecule has 2 heterocycles. The fourth-order valence-corrected chi connectivity index (χ4v) is 2.62. The van der Waals surface area contributed by atoms with E-state index >= 15 is 0 Å². The predicted molar refractivity (Wildman–Crippen MR) is 83.2 cm³/mol. The summed E-state index contributed by atoms with van der Waals surface area (Å²) in [6.45, 7) is 4.20. The average molecular weight is 321 g/mol. The Balaban J connectivity index is 2.12. The van der Waals surface area contributed by atoms with Gasteiger partial charge < -0.3 is 14.4 Å². The summed E-state index contributed by atoms with van der Waals surface area (Å²) in [4.78, 5) is 44.8. The molecule has 1 aliphatic rings. The Hall–Kier alpha value is -2.38. The van der Waals surface area contributed by atoms with E-state index in [9.17, 15) is 14.4 Å². The number of hydrogen-bond acceptors (Lipinski definition) is 4. The largest absolute Gasteiger partial charge is 0.337 e. The molecule has 1 saturated heterocycles. The maximum absolute atomic E-state index is 12.7. The summed E-state index contributed by atoms with van der Waals surface area (Å²) in [5.74, 6) is 0.259. The highest BCUT2D eigenvalue weighted by atomic mass is 16.2. The molecule has 1 aromatic rings. The zero-order chi connectivity index (χ0) is 17.3. The van der Waals surface area contributed by atoms with Gasteiger partial charge in [-0.05, 0) is 13.8 Å². The quantitative estimate of drug-likeness (QED) is 0.737. The van der Waals surface area contributed by atoms with Crippen LogP contribution in [0.3, 0.4) is 0 Å². The molecular weight excluding hydrogens is 298 g/mol. The van der Waals surface area contributed by atoms with Crippen LogP contribution in [0.5, 0.6) is 0 Å². The van der Waals surface area contributed by atoms with Crippen molar-refractivity contribution in [1.82, 2.24) is 24.3 Å². The molecule has 1 fully saturated rings. The van der Waals surface area contributed by atoms with E-state index in [-0.39, 0.29) is 30.3 Å². The summed E-state index contributed by atoms with van der Waals surface area (Å²) < 4.78 is 1.85. The lowest BCUT2D eigenvalue weighted by Gasteiger charge is -2.28. The molecule has 0 saturated carbocycles. The number of amides is 4. The van der Waals surface area contributed by atoms with Crippen molar-refractivity contribution in [3.05, 3.63) is 18.2 Å². The zero-order valence-electron chi connectivity index (χ0n) is 14.2. The fourth-order valence-electron chi connectivity index (χ4n) is 2.62. The number of aromatic nitrogens is 2. The first-order chi connectivity index (χ1) is 10.7. The van der Waals surface area contributed by atoms with Crippen LogP contribution in [0.4, 0.5) is 4.79 Å². The highest BCUT2D eigenvalue weighted by Crippen LogP contribution is 2.19. The van der Waals surface area contributed by atoms with Gasteiger partial charge in [0.1, 0.15) is 11.9 Å². The van der Waals surface area contributed by atoms with Gasteiger partial charge in [0.15, 0.2) is 0 Å². The average Bonchev–Trinajstić information content (AvgIpc) is 2.97. The van der Waals surface area contributed by atoms with Crippen molar-refractivity contribution in [2.24, 2.45) is 7.05 Å². The molecule has 1 aromatic heterocycles. The number of imide groups is 1. The van der Waals surface area contributed by atoms with Crippen molar-refractivity contribution in [2.75, 3.05) is 14.1 Å². The Morgan fingerprint density at radius 1 is 1.30 bits per heavy atom. The summed E-state index contributed by atoms with van der Waals surface area (Å²) in [7, 11) is 4.84. The van der Waals surface area contributed by atoms with E-state index in [2.05, 4.69) is 4.98 Å². The molecule has 1 atom stereocenters. The normalized spacial score (nSPS) is 18.3. The van der Waals surface area contributed by atoms with Gasteiger partial charge in [0.2, 0.25) is 5.91 Å². The van der Waals surface area contributed by atoms with E-state index in [0.29, 0.717) is 6.54 Å². The van der Waals surface area contributed by atoms with Crippen LogP contribution in [0.2, 0.25) is 0 Å². The summed E-state index contributed by atoms with van der Waals surface area (Å²) in [5.41, 5.74) is 0. The topological polar surface area (TPSA) is 78.8 Å². The Morgan fingerprint density at radius 3 is 2.39 bits per heavy atom. The zero-order valence-corrected chi connectivity index (χ0v) is 14.2. The molecule has 1 aliphatic heterocycles. The maximum Gasteiger partial charge on any atom is 0.326 e.